The molecule has 1 heterocycles. The van der Waals surface area contributed by atoms with Crippen molar-refractivity contribution < 1.29 is 19.2 Å². The minimum absolute atomic E-state index is 0.232. The third-order valence-corrected chi connectivity index (χ3v) is 6.33. The van der Waals surface area contributed by atoms with Crippen LogP contribution in [-0.4, -0.2) is 51.4 Å². The lowest BCUT2D eigenvalue weighted by molar-refractivity contribution is -0.914. The molecular weight excluding hydrogens is 460 g/mol. The number of amides is 1. The minimum Gasteiger partial charge on any atom is -0.493 e. The Kier molecular flexibility index (Phi) is 8.18. The smallest absolute Gasteiger partial charge is 0.257 e. The van der Waals surface area contributed by atoms with E-state index in [4.69, 9.17) is 21.7 Å². The van der Waals surface area contributed by atoms with Gasteiger partial charge >= 0.3 is 0 Å². The first-order valence-corrected chi connectivity index (χ1v) is 12.0. The van der Waals surface area contributed by atoms with Crippen LogP contribution in [-0.2, 0) is 6.54 Å². The molecule has 3 aromatic rings. The maximum atomic E-state index is 12.6. The van der Waals surface area contributed by atoms with Gasteiger partial charge in [0.1, 0.15) is 6.54 Å². The van der Waals surface area contributed by atoms with Crippen LogP contribution in [0.25, 0.3) is 0 Å². The minimum atomic E-state index is -0.323. The second-order valence-corrected chi connectivity index (χ2v) is 8.83. The summed E-state index contributed by atoms with van der Waals surface area (Å²) >= 11 is 5.33. The molecule has 0 unspecified atom stereocenters. The van der Waals surface area contributed by atoms with Crippen LogP contribution in [0.5, 0.6) is 11.5 Å². The Hall–Kier alpha value is -3.62. The maximum absolute atomic E-state index is 12.6. The zero-order chi connectivity index (χ0) is 24.6. The Balaban J connectivity index is 1.27. The molecule has 8 heteroatoms. The van der Waals surface area contributed by atoms with E-state index in [0.717, 1.165) is 38.4 Å². The van der Waals surface area contributed by atoms with Crippen molar-refractivity contribution in [2.45, 2.75) is 6.54 Å². The van der Waals surface area contributed by atoms with E-state index in [1.54, 1.807) is 30.2 Å². The molecule has 1 aliphatic heterocycles. The molecule has 1 fully saturated rings. The topological polar surface area (TPSA) is 67.3 Å². The van der Waals surface area contributed by atoms with Crippen molar-refractivity contribution in [1.82, 2.24) is 5.32 Å². The zero-order valence-electron chi connectivity index (χ0n) is 20.0. The number of carbonyl (C=O) groups excluding carboxylic acids is 1. The van der Waals surface area contributed by atoms with E-state index in [1.807, 2.05) is 12.1 Å². The number of anilines is 2. The number of thiocarbonyl (C=S) groups is 1. The van der Waals surface area contributed by atoms with Gasteiger partial charge in [-0.1, -0.05) is 30.3 Å². The van der Waals surface area contributed by atoms with E-state index in [-0.39, 0.29) is 11.0 Å². The Labute approximate surface area is 211 Å². The van der Waals surface area contributed by atoms with Gasteiger partial charge in [0.05, 0.1) is 40.4 Å². The highest BCUT2D eigenvalue weighted by Gasteiger charge is 2.20. The summed E-state index contributed by atoms with van der Waals surface area (Å²) in [5, 5.41) is 6.02. The summed E-state index contributed by atoms with van der Waals surface area (Å²) in [6, 6.07) is 23.8. The molecule has 0 aromatic heterocycles. The number of ether oxygens (including phenoxy) is 2. The van der Waals surface area contributed by atoms with Gasteiger partial charge in [-0.3, -0.25) is 10.1 Å². The molecule has 35 heavy (non-hydrogen) atoms. The molecule has 0 radical (unpaired) electrons. The van der Waals surface area contributed by atoms with Crippen molar-refractivity contribution in [3.8, 4) is 11.5 Å². The summed E-state index contributed by atoms with van der Waals surface area (Å²) in [6.07, 6.45) is 0. The largest absolute Gasteiger partial charge is 0.493 e. The molecule has 1 aliphatic rings. The number of rotatable bonds is 7. The Morgan fingerprint density at radius 1 is 0.943 bits per heavy atom. The average molecular weight is 492 g/mol. The number of hydrogen-bond acceptors (Lipinski definition) is 5. The molecule has 0 spiro atoms. The van der Waals surface area contributed by atoms with E-state index in [1.165, 1.54) is 18.4 Å². The number of benzene rings is 3. The standard InChI is InChI=1S/C27H30N4O3S/c1-33-24-13-8-21(18-25(24)34-2)26(32)29-27(35)28-22-9-11-23(12-10-22)31-16-14-30(15-17-31)19-20-6-4-3-5-7-20/h3-13,18H,14-17,19H2,1-2H3,(H2,28,29,32,35)/p+1. The van der Waals surface area contributed by atoms with Crippen LogP contribution in [0.4, 0.5) is 11.4 Å². The first-order chi connectivity index (χ1) is 17.1. The number of quaternary nitrogens is 1. The summed E-state index contributed by atoms with van der Waals surface area (Å²) in [7, 11) is 3.08. The van der Waals surface area contributed by atoms with Gasteiger partial charge < -0.3 is 24.6 Å². The lowest BCUT2D eigenvalue weighted by Gasteiger charge is -2.33. The summed E-state index contributed by atoms with van der Waals surface area (Å²) in [5.41, 5.74) is 3.82. The molecule has 3 aromatic carbocycles. The predicted octanol–water partition coefficient (Wildman–Crippen LogP) is 2.74. The number of methoxy groups -OCH3 is 2. The van der Waals surface area contributed by atoms with Gasteiger partial charge in [0.25, 0.3) is 5.91 Å². The molecular formula is C27H31N4O3S+. The fourth-order valence-electron chi connectivity index (χ4n) is 4.21. The van der Waals surface area contributed by atoms with Crippen molar-refractivity contribution in [3.05, 3.63) is 83.9 Å². The van der Waals surface area contributed by atoms with Gasteiger partial charge in [-0.05, 0) is 54.7 Å². The molecule has 182 valence electrons. The molecule has 0 aliphatic carbocycles. The lowest BCUT2D eigenvalue weighted by Crippen LogP contribution is -3.13. The molecule has 3 N–H and O–H groups in total. The van der Waals surface area contributed by atoms with E-state index in [9.17, 15) is 4.79 Å². The summed E-state index contributed by atoms with van der Waals surface area (Å²) in [6.45, 7) is 5.34. The lowest BCUT2D eigenvalue weighted by atomic mass is 10.2. The summed E-state index contributed by atoms with van der Waals surface area (Å²) in [5.74, 6) is 0.719. The fraction of sp³-hybridized carbons (Fsp3) is 0.259. The normalized spacial score (nSPS) is 13.7. The van der Waals surface area contributed by atoms with Crippen LogP contribution >= 0.6 is 12.2 Å². The predicted molar refractivity (Wildman–Crippen MR) is 143 cm³/mol. The van der Waals surface area contributed by atoms with Crippen LogP contribution < -0.4 is 29.9 Å². The SMILES string of the molecule is COc1ccc(C(=O)NC(=S)Nc2ccc(N3CC[NH+](Cc4ccccc4)CC3)cc2)cc1OC. The van der Waals surface area contributed by atoms with Crippen LogP contribution in [0.2, 0.25) is 0 Å². The van der Waals surface area contributed by atoms with Crippen molar-refractivity contribution in [2.24, 2.45) is 0 Å². The first-order valence-electron chi connectivity index (χ1n) is 11.6. The number of carbonyl (C=O) groups is 1. The van der Waals surface area contributed by atoms with E-state index >= 15 is 0 Å². The van der Waals surface area contributed by atoms with Gasteiger partial charge in [-0.25, -0.2) is 0 Å². The number of piperazine rings is 1. The highest BCUT2D eigenvalue weighted by Crippen LogP contribution is 2.27. The highest BCUT2D eigenvalue weighted by molar-refractivity contribution is 7.80. The van der Waals surface area contributed by atoms with Crippen LogP contribution in [0, 0.1) is 0 Å². The van der Waals surface area contributed by atoms with Gasteiger partial charge in [0.2, 0.25) is 0 Å². The zero-order valence-corrected chi connectivity index (χ0v) is 20.9. The monoisotopic (exact) mass is 491 g/mol. The molecule has 0 atom stereocenters. The summed E-state index contributed by atoms with van der Waals surface area (Å²) < 4.78 is 10.5. The van der Waals surface area contributed by atoms with Gasteiger partial charge in [-0.15, -0.1) is 0 Å². The highest BCUT2D eigenvalue weighted by atomic mass is 32.1. The number of nitrogens with zero attached hydrogens (tertiary/aromatic N) is 1. The van der Waals surface area contributed by atoms with Crippen LogP contribution in [0.1, 0.15) is 15.9 Å². The van der Waals surface area contributed by atoms with Crippen molar-refractivity contribution in [3.63, 3.8) is 0 Å². The number of nitrogens with one attached hydrogen (secondary N) is 3. The molecule has 4 rings (SSSR count). The molecule has 0 saturated carbocycles. The van der Waals surface area contributed by atoms with Crippen LogP contribution in [0.15, 0.2) is 72.8 Å². The first kappa shape index (κ1) is 24.5. The van der Waals surface area contributed by atoms with Crippen LogP contribution in [0.3, 0.4) is 0 Å². The average Bonchev–Trinajstić information content (AvgIpc) is 2.89. The molecule has 7 nitrogen and oxygen atoms in total. The maximum Gasteiger partial charge on any atom is 0.257 e. The number of hydrogen-bond donors (Lipinski definition) is 3. The Bertz CT molecular complexity index is 1150. The molecule has 1 saturated heterocycles. The van der Waals surface area contributed by atoms with Gasteiger partial charge in [-0.2, -0.15) is 0 Å². The summed E-state index contributed by atoms with van der Waals surface area (Å²) in [4.78, 5) is 16.6. The quantitative estimate of drug-likeness (QED) is 0.442. The molecule has 1 amide bonds. The Morgan fingerprint density at radius 2 is 1.63 bits per heavy atom. The van der Waals surface area contributed by atoms with E-state index < -0.39 is 0 Å². The van der Waals surface area contributed by atoms with Crippen molar-refractivity contribution in [2.75, 3.05) is 50.6 Å². The van der Waals surface area contributed by atoms with Crippen molar-refractivity contribution in [1.29, 1.82) is 0 Å². The second kappa shape index (κ2) is 11.7. The third-order valence-electron chi connectivity index (χ3n) is 6.13. The molecule has 0 bridgehead atoms. The van der Waals surface area contributed by atoms with E-state index in [0.29, 0.717) is 17.1 Å². The third kappa shape index (κ3) is 6.49. The van der Waals surface area contributed by atoms with E-state index in [2.05, 4.69) is 58.0 Å². The van der Waals surface area contributed by atoms with Gasteiger partial charge in [0, 0.05) is 22.5 Å². The Morgan fingerprint density at radius 3 is 2.29 bits per heavy atom. The second-order valence-electron chi connectivity index (χ2n) is 8.42. The van der Waals surface area contributed by atoms with Crippen molar-refractivity contribution >= 4 is 34.6 Å². The fourth-order valence-corrected chi connectivity index (χ4v) is 4.42. The van der Waals surface area contributed by atoms with Gasteiger partial charge in [0.15, 0.2) is 16.6 Å².